The molecule has 0 radical (unpaired) electrons. The van der Waals surface area contributed by atoms with Gasteiger partial charge in [-0.1, -0.05) is 0 Å². The fourth-order valence-electron chi connectivity index (χ4n) is 2.79. The Morgan fingerprint density at radius 1 is 1.33 bits per heavy atom. The van der Waals surface area contributed by atoms with E-state index in [0.29, 0.717) is 0 Å². The highest BCUT2D eigenvalue weighted by Crippen LogP contribution is 2.34. The molecular weight excluding hydrogens is 352 g/mol. The van der Waals surface area contributed by atoms with Crippen LogP contribution in [0.3, 0.4) is 0 Å². The zero-order chi connectivity index (χ0) is 19.9. The molecule has 1 fully saturated rings. The van der Waals surface area contributed by atoms with E-state index < -0.39 is 28.7 Å². The van der Waals surface area contributed by atoms with Crippen molar-refractivity contribution in [1.29, 1.82) is 0 Å². The van der Waals surface area contributed by atoms with E-state index in [1.807, 2.05) is 0 Å². The summed E-state index contributed by atoms with van der Waals surface area (Å²) in [5, 5.41) is 0.165. The smallest absolute Gasteiger partial charge is 0.330 e. The summed E-state index contributed by atoms with van der Waals surface area (Å²) in [4.78, 5) is 56.4. The molecule has 2 aromatic heterocycles. The van der Waals surface area contributed by atoms with Crippen LogP contribution in [0.25, 0.3) is 11.0 Å². The summed E-state index contributed by atoms with van der Waals surface area (Å²) in [6.07, 6.45) is 3.01. The van der Waals surface area contributed by atoms with Gasteiger partial charge in [0.15, 0.2) is 0 Å². The summed E-state index contributed by atoms with van der Waals surface area (Å²) >= 11 is 0. The van der Waals surface area contributed by atoms with Crippen molar-refractivity contribution >= 4 is 22.9 Å². The lowest BCUT2D eigenvalue weighted by molar-refractivity contribution is -0.155. The highest BCUT2D eigenvalue weighted by molar-refractivity contribution is 5.98. The zero-order valence-electron chi connectivity index (χ0n) is 15.7. The SMILES string of the molecule is CN(CC(=O)OC(C)(C)C)C(=O)c1cnc2c(c1)c(=O)[nH]c(=O)n2C1CC1. The van der Waals surface area contributed by atoms with Crippen LogP contribution in [-0.4, -0.2) is 50.5 Å². The Morgan fingerprint density at radius 2 is 2.00 bits per heavy atom. The first-order chi connectivity index (χ1) is 12.6. The molecule has 27 heavy (non-hydrogen) atoms. The lowest BCUT2D eigenvalue weighted by Gasteiger charge is -2.22. The summed E-state index contributed by atoms with van der Waals surface area (Å²) in [5.41, 5.74) is -1.32. The molecule has 2 heterocycles. The molecule has 9 heteroatoms. The number of hydrogen-bond acceptors (Lipinski definition) is 6. The number of hydrogen-bond donors (Lipinski definition) is 1. The van der Waals surface area contributed by atoms with E-state index >= 15 is 0 Å². The number of likely N-dealkylation sites (N-methyl/N-ethyl adjacent to an activating group) is 1. The summed E-state index contributed by atoms with van der Waals surface area (Å²) in [6, 6.07) is 1.42. The average Bonchev–Trinajstić information content (AvgIpc) is 3.36. The maximum atomic E-state index is 12.6. The molecule has 0 aromatic carbocycles. The lowest BCUT2D eigenvalue weighted by Crippen LogP contribution is -2.36. The van der Waals surface area contributed by atoms with E-state index in [9.17, 15) is 19.2 Å². The fourth-order valence-corrected chi connectivity index (χ4v) is 2.79. The number of fused-ring (bicyclic) bond motifs is 1. The normalized spacial score (nSPS) is 14.2. The highest BCUT2D eigenvalue weighted by Gasteiger charge is 2.28. The van der Waals surface area contributed by atoms with Gasteiger partial charge >= 0.3 is 11.7 Å². The molecule has 0 bridgehead atoms. The number of amides is 1. The molecule has 144 valence electrons. The van der Waals surface area contributed by atoms with Crippen molar-refractivity contribution < 1.29 is 14.3 Å². The van der Waals surface area contributed by atoms with Gasteiger partial charge in [-0.15, -0.1) is 0 Å². The van der Waals surface area contributed by atoms with Gasteiger partial charge in [0.2, 0.25) is 0 Å². The second-order valence-electron chi connectivity index (χ2n) is 7.70. The fraction of sp³-hybridized carbons (Fsp3) is 0.500. The minimum absolute atomic E-state index is 0.0285. The van der Waals surface area contributed by atoms with Crippen LogP contribution < -0.4 is 11.2 Å². The molecule has 2 aromatic rings. The van der Waals surface area contributed by atoms with Crippen LogP contribution in [0.5, 0.6) is 0 Å². The van der Waals surface area contributed by atoms with Gasteiger partial charge in [-0.3, -0.25) is 23.9 Å². The molecular formula is C18H22N4O5. The van der Waals surface area contributed by atoms with E-state index in [2.05, 4.69) is 9.97 Å². The molecule has 3 rings (SSSR count). The molecule has 1 N–H and O–H groups in total. The van der Waals surface area contributed by atoms with Crippen LogP contribution in [0.1, 0.15) is 50.0 Å². The summed E-state index contributed by atoms with van der Waals surface area (Å²) in [7, 11) is 1.46. The number of rotatable bonds is 4. The van der Waals surface area contributed by atoms with E-state index in [0.717, 1.165) is 12.8 Å². The molecule has 0 aliphatic heterocycles. The maximum absolute atomic E-state index is 12.6. The van der Waals surface area contributed by atoms with Gasteiger partial charge < -0.3 is 9.64 Å². The Labute approximate surface area is 155 Å². The number of aromatic nitrogens is 3. The molecule has 0 unspecified atom stereocenters. The molecule has 1 aliphatic rings. The van der Waals surface area contributed by atoms with Crippen molar-refractivity contribution in [2.45, 2.75) is 45.3 Å². The van der Waals surface area contributed by atoms with Crippen LogP contribution in [-0.2, 0) is 9.53 Å². The van der Waals surface area contributed by atoms with Gasteiger partial charge in [0, 0.05) is 19.3 Å². The molecule has 1 saturated carbocycles. The number of esters is 1. The summed E-state index contributed by atoms with van der Waals surface area (Å²) in [5.74, 6) is -1.01. The minimum Gasteiger partial charge on any atom is -0.459 e. The van der Waals surface area contributed by atoms with E-state index in [4.69, 9.17) is 4.74 Å². The van der Waals surface area contributed by atoms with Crippen LogP contribution in [0.15, 0.2) is 21.9 Å². The van der Waals surface area contributed by atoms with Crippen molar-refractivity contribution in [2.24, 2.45) is 0 Å². The number of H-pyrrole nitrogens is 1. The van der Waals surface area contributed by atoms with Gasteiger partial charge in [-0.2, -0.15) is 0 Å². The molecule has 0 spiro atoms. The first kappa shape index (κ1) is 18.8. The second kappa shape index (κ2) is 6.64. The third-order valence-electron chi connectivity index (χ3n) is 4.07. The summed E-state index contributed by atoms with van der Waals surface area (Å²) in [6.45, 7) is 5.00. The van der Waals surface area contributed by atoms with Crippen molar-refractivity contribution in [1.82, 2.24) is 19.4 Å². The van der Waals surface area contributed by atoms with Gasteiger partial charge in [0.25, 0.3) is 11.5 Å². The lowest BCUT2D eigenvalue weighted by atomic mass is 10.2. The number of carbonyl (C=O) groups is 2. The number of carbonyl (C=O) groups excluding carboxylic acids is 2. The first-order valence-electron chi connectivity index (χ1n) is 8.69. The predicted octanol–water partition coefficient (Wildman–Crippen LogP) is 0.833. The van der Waals surface area contributed by atoms with Crippen molar-refractivity contribution in [3.05, 3.63) is 38.7 Å². The van der Waals surface area contributed by atoms with Crippen molar-refractivity contribution in [2.75, 3.05) is 13.6 Å². The molecule has 9 nitrogen and oxygen atoms in total. The molecule has 0 atom stereocenters. The maximum Gasteiger partial charge on any atom is 0.330 e. The number of pyridine rings is 1. The molecule has 1 aliphatic carbocycles. The minimum atomic E-state index is -0.648. The zero-order valence-corrected chi connectivity index (χ0v) is 15.7. The number of nitrogens with zero attached hydrogens (tertiary/aromatic N) is 3. The van der Waals surface area contributed by atoms with Gasteiger partial charge in [-0.05, 0) is 39.7 Å². The molecule has 1 amide bonds. The van der Waals surface area contributed by atoms with Gasteiger partial charge in [0.05, 0.1) is 10.9 Å². The number of nitrogens with one attached hydrogen (secondary N) is 1. The largest absolute Gasteiger partial charge is 0.459 e. The second-order valence-corrected chi connectivity index (χ2v) is 7.70. The average molecular weight is 374 g/mol. The highest BCUT2D eigenvalue weighted by atomic mass is 16.6. The Kier molecular flexibility index (Phi) is 4.63. The quantitative estimate of drug-likeness (QED) is 0.793. The Morgan fingerprint density at radius 3 is 2.59 bits per heavy atom. The van der Waals surface area contributed by atoms with Crippen LogP contribution in [0.4, 0.5) is 0 Å². The van der Waals surface area contributed by atoms with E-state index in [1.54, 1.807) is 20.8 Å². The van der Waals surface area contributed by atoms with Crippen molar-refractivity contribution in [3.63, 3.8) is 0 Å². The van der Waals surface area contributed by atoms with Crippen LogP contribution in [0, 0.1) is 0 Å². The third kappa shape index (κ3) is 4.07. The first-order valence-corrected chi connectivity index (χ1v) is 8.69. The number of ether oxygens (including phenoxy) is 1. The predicted molar refractivity (Wildman–Crippen MR) is 97.7 cm³/mol. The monoisotopic (exact) mass is 374 g/mol. The Bertz CT molecular complexity index is 1030. The molecule has 0 saturated heterocycles. The van der Waals surface area contributed by atoms with Crippen molar-refractivity contribution in [3.8, 4) is 0 Å². The van der Waals surface area contributed by atoms with E-state index in [-0.39, 0.29) is 29.2 Å². The standard InChI is InChI=1S/C18H22N4O5/c1-18(2,3)27-13(23)9-21(4)16(25)10-7-12-14(19-8-10)22(11-5-6-11)17(26)20-15(12)24/h7-8,11H,5-6,9H2,1-4H3,(H,20,24,26). The van der Waals surface area contributed by atoms with Gasteiger partial charge in [-0.25, -0.2) is 9.78 Å². The Hall–Kier alpha value is -2.97. The van der Waals surface area contributed by atoms with Crippen LogP contribution >= 0.6 is 0 Å². The topological polar surface area (TPSA) is 114 Å². The van der Waals surface area contributed by atoms with Gasteiger partial charge in [0.1, 0.15) is 17.8 Å². The van der Waals surface area contributed by atoms with E-state index in [1.165, 1.54) is 28.8 Å². The van der Waals surface area contributed by atoms with Crippen LogP contribution in [0.2, 0.25) is 0 Å². The number of aromatic amines is 1. The summed E-state index contributed by atoms with van der Waals surface area (Å²) < 4.78 is 6.66. The third-order valence-corrected chi connectivity index (χ3v) is 4.07. The Balaban J connectivity index is 1.89.